The maximum atomic E-state index is 12.1. The van der Waals surface area contributed by atoms with Gasteiger partial charge in [-0.2, -0.15) is 0 Å². The van der Waals surface area contributed by atoms with E-state index in [4.69, 9.17) is 4.74 Å². The minimum atomic E-state index is -0.280. The number of aromatic nitrogens is 2. The Kier molecular flexibility index (Phi) is 6.88. The summed E-state index contributed by atoms with van der Waals surface area (Å²) in [4.78, 5) is 30.9. The molecular formula is C19H16IN3O3S. The zero-order valence-corrected chi connectivity index (χ0v) is 17.1. The van der Waals surface area contributed by atoms with E-state index in [1.54, 1.807) is 0 Å². The second-order valence-electron chi connectivity index (χ2n) is 5.49. The average Bonchev–Trinajstić information content (AvgIpc) is 2.67. The van der Waals surface area contributed by atoms with Crippen molar-refractivity contribution in [3.8, 4) is 5.75 Å². The topological polar surface area (TPSA) is 84.1 Å². The van der Waals surface area contributed by atoms with E-state index >= 15 is 0 Å². The van der Waals surface area contributed by atoms with Crippen LogP contribution in [0.25, 0.3) is 0 Å². The number of anilines is 1. The van der Waals surface area contributed by atoms with Gasteiger partial charge in [0.1, 0.15) is 12.4 Å². The Morgan fingerprint density at radius 2 is 1.89 bits per heavy atom. The SMILES string of the molecule is O=C(CSc1nc(COc2ccccc2)cc(=O)[nH]1)Nc1ccc(I)cc1. The minimum Gasteiger partial charge on any atom is -0.487 e. The second-order valence-corrected chi connectivity index (χ2v) is 7.70. The zero-order valence-electron chi connectivity index (χ0n) is 14.1. The molecule has 0 aliphatic heterocycles. The first-order valence-corrected chi connectivity index (χ1v) is 10.1. The number of ether oxygens (including phenoxy) is 1. The second kappa shape index (κ2) is 9.56. The van der Waals surface area contributed by atoms with Gasteiger partial charge in [-0.3, -0.25) is 9.59 Å². The summed E-state index contributed by atoms with van der Waals surface area (Å²) in [6.07, 6.45) is 0. The van der Waals surface area contributed by atoms with Gasteiger partial charge in [-0.05, 0) is 59.0 Å². The van der Waals surface area contributed by atoms with Gasteiger partial charge in [0.05, 0.1) is 11.4 Å². The third kappa shape index (κ3) is 6.40. The summed E-state index contributed by atoms with van der Waals surface area (Å²) in [5.74, 6) is 0.665. The van der Waals surface area contributed by atoms with E-state index in [1.165, 1.54) is 17.8 Å². The molecule has 0 fully saturated rings. The molecule has 8 heteroatoms. The van der Waals surface area contributed by atoms with E-state index in [0.717, 1.165) is 9.26 Å². The van der Waals surface area contributed by atoms with E-state index in [0.29, 0.717) is 16.6 Å². The van der Waals surface area contributed by atoms with E-state index in [-0.39, 0.29) is 23.8 Å². The highest BCUT2D eigenvalue weighted by atomic mass is 127. The number of para-hydroxylation sites is 1. The molecule has 2 N–H and O–H groups in total. The van der Waals surface area contributed by atoms with Crippen LogP contribution in [-0.4, -0.2) is 21.6 Å². The van der Waals surface area contributed by atoms with Gasteiger partial charge in [0, 0.05) is 15.3 Å². The molecule has 0 saturated heterocycles. The van der Waals surface area contributed by atoms with Crippen molar-refractivity contribution >= 4 is 45.9 Å². The molecule has 0 aliphatic rings. The van der Waals surface area contributed by atoms with Gasteiger partial charge < -0.3 is 15.0 Å². The summed E-state index contributed by atoms with van der Waals surface area (Å²) >= 11 is 3.37. The number of benzene rings is 2. The van der Waals surface area contributed by atoms with Gasteiger partial charge in [-0.1, -0.05) is 30.0 Å². The quantitative estimate of drug-likeness (QED) is 0.298. The highest BCUT2D eigenvalue weighted by Crippen LogP contribution is 2.15. The Morgan fingerprint density at radius 1 is 1.15 bits per heavy atom. The van der Waals surface area contributed by atoms with Gasteiger partial charge in [0.15, 0.2) is 5.16 Å². The fraction of sp³-hybridized carbons (Fsp3) is 0.105. The van der Waals surface area contributed by atoms with E-state index < -0.39 is 0 Å². The van der Waals surface area contributed by atoms with Crippen LogP contribution in [0, 0.1) is 3.57 Å². The third-order valence-electron chi connectivity index (χ3n) is 3.37. The molecule has 2 aromatic carbocycles. The molecule has 0 atom stereocenters. The van der Waals surface area contributed by atoms with Crippen molar-refractivity contribution in [1.82, 2.24) is 9.97 Å². The molecule has 27 heavy (non-hydrogen) atoms. The van der Waals surface area contributed by atoms with Crippen molar-refractivity contribution in [3.05, 3.63) is 80.3 Å². The Balaban J connectivity index is 1.56. The van der Waals surface area contributed by atoms with Crippen LogP contribution in [0.4, 0.5) is 5.69 Å². The highest BCUT2D eigenvalue weighted by molar-refractivity contribution is 14.1. The number of nitrogens with zero attached hydrogens (tertiary/aromatic N) is 1. The Labute approximate surface area is 173 Å². The van der Waals surface area contributed by atoms with E-state index in [9.17, 15) is 9.59 Å². The lowest BCUT2D eigenvalue weighted by Gasteiger charge is -2.07. The van der Waals surface area contributed by atoms with Crippen molar-refractivity contribution in [2.75, 3.05) is 11.1 Å². The van der Waals surface area contributed by atoms with Crippen LogP contribution in [0.1, 0.15) is 5.69 Å². The monoisotopic (exact) mass is 493 g/mol. The fourth-order valence-electron chi connectivity index (χ4n) is 2.16. The van der Waals surface area contributed by atoms with Crippen molar-refractivity contribution in [1.29, 1.82) is 0 Å². The zero-order chi connectivity index (χ0) is 19.1. The molecular weight excluding hydrogens is 477 g/mol. The maximum absolute atomic E-state index is 12.1. The molecule has 0 unspecified atom stereocenters. The van der Waals surface area contributed by atoms with Crippen LogP contribution in [-0.2, 0) is 11.4 Å². The van der Waals surface area contributed by atoms with Crippen molar-refractivity contribution in [2.24, 2.45) is 0 Å². The summed E-state index contributed by atoms with van der Waals surface area (Å²) < 4.78 is 6.71. The summed E-state index contributed by atoms with van der Waals surface area (Å²) in [6, 6.07) is 18.2. The number of carbonyl (C=O) groups excluding carboxylic acids is 1. The minimum absolute atomic E-state index is 0.137. The lowest BCUT2D eigenvalue weighted by molar-refractivity contribution is -0.113. The molecule has 6 nitrogen and oxygen atoms in total. The van der Waals surface area contributed by atoms with Gasteiger partial charge >= 0.3 is 0 Å². The molecule has 0 saturated carbocycles. The normalized spacial score (nSPS) is 10.4. The number of carbonyl (C=O) groups is 1. The number of amides is 1. The van der Waals surface area contributed by atoms with E-state index in [1.807, 2.05) is 54.6 Å². The largest absolute Gasteiger partial charge is 0.487 e. The number of hydrogen-bond donors (Lipinski definition) is 2. The summed E-state index contributed by atoms with van der Waals surface area (Å²) in [5, 5.41) is 3.19. The van der Waals surface area contributed by atoms with Crippen LogP contribution >= 0.6 is 34.4 Å². The number of aromatic amines is 1. The van der Waals surface area contributed by atoms with Crippen LogP contribution in [0.2, 0.25) is 0 Å². The number of hydrogen-bond acceptors (Lipinski definition) is 5. The predicted molar refractivity (Wildman–Crippen MR) is 114 cm³/mol. The van der Waals surface area contributed by atoms with Crippen molar-refractivity contribution < 1.29 is 9.53 Å². The Morgan fingerprint density at radius 3 is 2.63 bits per heavy atom. The molecule has 0 radical (unpaired) electrons. The Hall–Kier alpha value is -2.33. The number of H-pyrrole nitrogens is 1. The number of thioether (sulfide) groups is 1. The van der Waals surface area contributed by atoms with Crippen molar-refractivity contribution in [3.63, 3.8) is 0 Å². The van der Waals surface area contributed by atoms with Crippen molar-refractivity contribution in [2.45, 2.75) is 11.8 Å². The third-order valence-corrected chi connectivity index (χ3v) is 4.96. The maximum Gasteiger partial charge on any atom is 0.251 e. The molecule has 1 heterocycles. The van der Waals surface area contributed by atoms with Crippen LogP contribution in [0.15, 0.2) is 70.6 Å². The number of halogens is 1. The summed E-state index contributed by atoms with van der Waals surface area (Å²) in [7, 11) is 0. The molecule has 3 aromatic rings. The summed E-state index contributed by atoms with van der Waals surface area (Å²) in [6.45, 7) is 0.177. The molecule has 0 aliphatic carbocycles. The van der Waals surface area contributed by atoms with Gasteiger partial charge in [-0.25, -0.2) is 4.98 Å². The van der Waals surface area contributed by atoms with E-state index in [2.05, 4.69) is 37.9 Å². The number of rotatable bonds is 7. The first-order valence-electron chi connectivity index (χ1n) is 8.05. The van der Waals surface area contributed by atoms with Crippen LogP contribution < -0.4 is 15.6 Å². The van der Waals surface area contributed by atoms with Gasteiger partial charge in [-0.15, -0.1) is 0 Å². The van der Waals surface area contributed by atoms with Crippen LogP contribution in [0.5, 0.6) is 5.75 Å². The molecule has 0 bridgehead atoms. The lowest BCUT2D eigenvalue weighted by atomic mass is 10.3. The van der Waals surface area contributed by atoms with Gasteiger partial charge in [0.2, 0.25) is 5.91 Å². The molecule has 138 valence electrons. The average molecular weight is 493 g/mol. The van der Waals surface area contributed by atoms with Crippen LogP contribution in [0.3, 0.4) is 0 Å². The molecule has 1 amide bonds. The molecule has 1 aromatic heterocycles. The standard InChI is InChI=1S/C19H16IN3O3S/c20-13-6-8-14(9-7-13)21-18(25)12-27-19-22-15(10-17(24)23-19)11-26-16-4-2-1-3-5-16/h1-10H,11-12H2,(H,21,25)(H,22,23,24). The number of nitrogens with one attached hydrogen (secondary N) is 2. The smallest absolute Gasteiger partial charge is 0.251 e. The first kappa shape index (κ1) is 19.4. The fourth-order valence-corrected chi connectivity index (χ4v) is 3.22. The Bertz CT molecular complexity index is 962. The molecule has 3 rings (SSSR count). The predicted octanol–water partition coefficient (Wildman–Crippen LogP) is 3.68. The highest BCUT2D eigenvalue weighted by Gasteiger charge is 2.08. The first-order chi connectivity index (χ1) is 13.1. The molecule has 0 spiro atoms. The summed E-state index contributed by atoms with van der Waals surface area (Å²) in [5.41, 5.74) is 0.952. The lowest BCUT2D eigenvalue weighted by Crippen LogP contribution is -2.16. The van der Waals surface area contributed by atoms with Gasteiger partial charge in [0.25, 0.3) is 5.56 Å².